The smallest absolute Gasteiger partial charge is 0.255 e. The van der Waals surface area contributed by atoms with Crippen molar-refractivity contribution >= 4 is 22.9 Å². The van der Waals surface area contributed by atoms with Crippen LogP contribution in [0.2, 0.25) is 0 Å². The molecule has 9 heteroatoms. The van der Waals surface area contributed by atoms with Crippen LogP contribution in [0.25, 0.3) is 17.0 Å². The van der Waals surface area contributed by atoms with Crippen LogP contribution in [0.4, 0.5) is 15.8 Å². The Morgan fingerprint density at radius 2 is 2.14 bits per heavy atom. The lowest BCUT2D eigenvalue weighted by atomic mass is 10.1. The summed E-state index contributed by atoms with van der Waals surface area (Å²) in [5.41, 5.74) is 4.31. The fourth-order valence-electron chi connectivity index (χ4n) is 3.67. The van der Waals surface area contributed by atoms with Crippen LogP contribution in [0.5, 0.6) is 5.75 Å². The van der Waals surface area contributed by atoms with Crippen LogP contribution in [0, 0.1) is 5.82 Å². The molecule has 0 fully saturated rings. The Morgan fingerprint density at radius 1 is 1.24 bits per heavy atom. The lowest BCUT2D eigenvalue weighted by molar-refractivity contribution is 0.0947. The Labute approximate surface area is 164 Å². The average Bonchev–Trinajstić information content (AvgIpc) is 3.34. The van der Waals surface area contributed by atoms with E-state index in [0.717, 1.165) is 11.4 Å². The van der Waals surface area contributed by atoms with Crippen LogP contribution in [-0.2, 0) is 6.42 Å². The number of rotatable bonds is 4. The van der Waals surface area contributed by atoms with Crippen molar-refractivity contribution in [2.45, 2.75) is 6.42 Å². The molecule has 0 atom stereocenters. The van der Waals surface area contributed by atoms with Gasteiger partial charge in [-0.1, -0.05) is 6.07 Å². The molecule has 8 nitrogen and oxygen atoms in total. The first-order valence-corrected chi connectivity index (χ1v) is 9.09. The number of aromatic nitrogens is 4. The summed E-state index contributed by atoms with van der Waals surface area (Å²) in [6.45, 7) is 0.544. The number of para-hydroxylation sites is 1. The minimum absolute atomic E-state index is 0.0728. The summed E-state index contributed by atoms with van der Waals surface area (Å²) >= 11 is 0. The van der Waals surface area contributed by atoms with Crippen LogP contribution < -0.4 is 15.4 Å². The Morgan fingerprint density at radius 3 is 3.00 bits per heavy atom. The molecule has 3 N–H and O–H groups in total. The summed E-state index contributed by atoms with van der Waals surface area (Å²) in [5.74, 6) is -0.618. The van der Waals surface area contributed by atoms with E-state index in [9.17, 15) is 9.18 Å². The first kappa shape index (κ1) is 17.2. The van der Waals surface area contributed by atoms with Crippen molar-refractivity contribution in [3.8, 4) is 17.1 Å². The van der Waals surface area contributed by atoms with Crippen molar-refractivity contribution in [3.05, 3.63) is 59.8 Å². The molecular formula is C20H17FN6O2. The largest absolute Gasteiger partial charge is 0.492 e. The first-order valence-electron chi connectivity index (χ1n) is 9.09. The quantitative estimate of drug-likeness (QED) is 0.496. The van der Waals surface area contributed by atoms with Crippen LogP contribution in [0.3, 0.4) is 0 Å². The molecule has 0 spiro atoms. The molecule has 1 aliphatic heterocycles. The van der Waals surface area contributed by atoms with Crippen LogP contribution in [-0.4, -0.2) is 39.1 Å². The number of carbonyl (C=O) groups excluding carboxylic acids is 1. The predicted molar refractivity (Wildman–Crippen MR) is 105 cm³/mol. The highest BCUT2D eigenvalue weighted by molar-refractivity contribution is 6.06. The molecule has 0 radical (unpaired) electrons. The SMILES string of the molecule is COc1c(F)cccc1Nc1c(-c2ccnc3ccnn23)[nH]c2c1C(=O)NCC2. The van der Waals surface area contributed by atoms with E-state index in [1.165, 1.54) is 13.2 Å². The van der Waals surface area contributed by atoms with Gasteiger partial charge in [-0.3, -0.25) is 4.79 Å². The van der Waals surface area contributed by atoms with Gasteiger partial charge >= 0.3 is 0 Å². The zero-order valence-electron chi connectivity index (χ0n) is 15.5. The third-order valence-electron chi connectivity index (χ3n) is 4.94. The Hall–Kier alpha value is -3.88. The third-order valence-corrected chi connectivity index (χ3v) is 4.94. The Balaban J connectivity index is 1.74. The zero-order chi connectivity index (χ0) is 20.0. The van der Waals surface area contributed by atoms with Crippen molar-refractivity contribution in [1.29, 1.82) is 0 Å². The summed E-state index contributed by atoms with van der Waals surface area (Å²) in [6, 6.07) is 8.20. The molecule has 0 unspecified atom stereocenters. The number of aromatic amines is 1. The normalized spacial score (nSPS) is 13.2. The lowest BCUT2D eigenvalue weighted by Gasteiger charge is -2.16. The molecule has 4 heterocycles. The number of nitrogens with one attached hydrogen (secondary N) is 3. The molecule has 3 aromatic heterocycles. The fourth-order valence-corrected chi connectivity index (χ4v) is 3.67. The number of halogens is 1. The maximum absolute atomic E-state index is 14.2. The molecule has 146 valence electrons. The van der Waals surface area contributed by atoms with Gasteiger partial charge in [-0.15, -0.1) is 0 Å². The number of benzene rings is 1. The van der Waals surface area contributed by atoms with Gasteiger partial charge in [0.25, 0.3) is 5.91 Å². The highest BCUT2D eigenvalue weighted by Gasteiger charge is 2.28. The molecule has 4 aromatic rings. The molecular weight excluding hydrogens is 375 g/mol. The number of carbonyl (C=O) groups is 1. The molecule has 0 aliphatic carbocycles. The molecule has 29 heavy (non-hydrogen) atoms. The molecule has 1 amide bonds. The van der Waals surface area contributed by atoms with Gasteiger partial charge in [-0.25, -0.2) is 13.9 Å². The van der Waals surface area contributed by atoms with E-state index in [0.29, 0.717) is 41.2 Å². The summed E-state index contributed by atoms with van der Waals surface area (Å²) in [4.78, 5) is 20.3. The summed E-state index contributed by atoms with van der Waals surface area (Å²) in [5, 5.41) is 10.4. The number of amides is 1. The molecule has 0 bridgehead atoms. The van der Waals surface area contributed by atoms with Gasteiger partial charge in [0.2, 0.25) is 0 Å². The number of anilines is 2. The fraction of sp³-hybridized carbons (Fsp3) is 0.150. The van der Waals surface area contributed by atoms with Crippen molar-refractivity contribution in [2.75, 3.05) is 19.0 Å². The van der Waals surface area contributed by atoms with Crippen molar-refractivity contribution in [3.63, 3.8) is 0 Å². The van der Waals surface area contributed by atoms with E-state index in [2.05, 4.69) is 25.7 Å². The number of methoxy groups -OCH3 is 1. The van der Waals surface area contributed by atoms with E-state index in [1.54, 1.807) is 35.1 Å². The molecule has 1 aromatic carbocycles. The number of hydrogen-bond donors (Lipinski definition) is 3. The van der Waals surface area contributed by atoms with Gasteiger partial charge in [-0.05, 0) is 18.2 Å². The van der Waals surface area contributed by atoms with Gasteiger partial charge in [-0.2, -0.15) is 5.10 Å². The third kappa shape index (κ3) is 2.70. The van der Waals surface area contributed by atoms with E-state index in [4.69, 9.17) is 4.74 Å². The van der Waals surface area contributed by atoms with Crippen molar-refractivity contribution in [1.82, 2.24) is 24.9 Å². The van der Waals surface area contributed by atoms with E-state index in [-0.39, 0.29) is 11.7 Å². The zero-order valence-corrected chi connectivity index (χ0v) is 15.5. The number of hydrogen-bond acceptors (Lipinski definition) is 5. The molecule has 0 saturated carbocycles. The molecule has 5 rings (SSSR count). The van der Waals surface area contributed by atoms with Gasteiger partial charge < -0.3 is 20.4 Å². The minimum Gasteiger partial charge on any atom is -0.492 e. The second kappa shape index (κ2) is 6.62. The van der Waals surface area contributed by atoms with Crippen LogP contribution in [0.1, 0.15) is 16.1 Å². The monoisotopic (exact) mass is 392 g/mol. The number of fused-ring (bicyclic) bond motifs is 2. The summed E-state index contributed by atoms with van der Waals surface area (Å²) < 4.78 is 21.1. The van der Waals surface area contributed by atoms with Crippen molar-refractivity contribution in [2.24, 2.45) is 0 Å². The Kier molecular flexibility index (Phi) is 3.94. The van der Waals surface area contributed by atoms with E-state index < -0.39 is 5.82 Å². The topological polar surface area (TPSA) is 96.3 Å². The number of ether oxygens (including phenoxy) is 1. The first-order chi connectivity index (χ1) is 14.2. The van der Waals surface area contributed by atoms with Crippen LogP contribution in [0.15, 0.2) is 42.7 Å². The maximum atomic E-state index is 14.2. The van der Waals surface area contributed by atoms with E-state index in [1.807, 2.05) is 6.07 Å². The predicted octanol–water partition coefficient (Wildman–Crippen LogP) is 2.90. The number of nitrogens with zero attached hydrogens (tertiary/aromatic N) is 3. The summed E-state index contributed by atoms with van der Waals surface area (Å²) in [6.07, 6.45) is 3.99. The minimum atomic E-state index is -0.494. The average molecular weight is 392 g/mol. The molecule has 0 saturated heterocycles. The highest BCUT2D eigenvalue weighted by Crippen LogP contribution is 2.39. The van der Waals surface area contributed by atoms with Gasteiger partial charge in [0.15, 0.2) is 17.2 Å². The van der Waals surface area contributed by atoms with E-state index >= 15 is 0 Å². The number of H-pyrrole nitrogens is 1. The lowest BCUT2D eigenvalue weighted by Crippen LogP contribution is -2.31. The maximum Gasteiger partial charge on any atom is 0.255 e. The second-order valence-electron chi connectivity index (χ2n) is 6.61. The highest BCUT2D eigenvalue weighted by atomic mass is 19.1. The summed E-state index contributed by atoms with van der Waals surface area (Å²) in [7, 11) is 1.40. The Bertz CT molecular complexity index is 1250. The van der Waals surface area contributed by atoms with Gasteiger partial charge in [0.1, 0.15) is 0 Å². The van der Waals surface area contributed by atoms with Crippen LogP contribution >= 0.6 is 0 Å². The van der Waals surface area contributed by atoms with Crippen molar-refractivity contribution < 1.29 is 13.9 Å². The standard InChI is InChI=1S/C20H17FN6O2/c1-29-19-11(21)3-2-4-13(19)26-18-16-12(5-8-23-20(16)28)25-17(18)14-6-9-22-15-7-10-24-27(14)15/h2-4,6-7,9-10,25-26H,5,8H2,1H3,(H,23,28). The van der Waals surface area contributed by atoms with Gasteiger partial charge in [0, 0.05) is 30.9 Å². The second-order valence-corrected chi connectivity index (χ2v) is 6.61. The molecule has 1 aliphatic rings. The van der Waals surface area contributed by atoms with Gasteiger partial charge in [0.05, 0.1) is 41.6 Å².